The highest BCUT2D eigenvalue weighted by Gasteiger charge is 2.43. The fraction of sp³-hybridized carbons (Fsp3) is 0.889. The summed E-state index contributed by atoms with van der Waals surface area (Å²) in [5, 5.41) is 32.8. The Bertz CT molecular complexity index is 252. The molecule has 5 N–H and O–H groups in total. The minimum atomic E-state index is -1.87. The minimum Gasteiger partial charge on any atom is -0.395 e. The number of hydrogen-bond donors (Lipinski definition) is 5. The molecule has 0 aromatic rings. The van der Waals surface area contributed by atoms with Crippen molar-refractivity contribution in [1.29, 1.82) is 0 Å². The molecular formula is C9H17FN2O4. The van der Waals surface area contributed by atoms with Gasteiger partial charge in [0.05, 0.1) is 12.6 Å². The molecule has 5 atom stereocenters. The highest BCUT2D eigenvalue weighted by atomic mass is 19.1. The number of nitrogens with one attached hydrogen (secondary N) is 2. The maximum Gasteiger partial charge on any atom is 0.221 e. The van der Waals surface area contributed by atoms with E-state index in [-0.39, 0.29) is 12.3 Å². The van der Waals surface area contributed by atoms with Gasteiger partial charge in [0, 0.05) is 19.5 Å². The van der Waals surface area contributed by atoms with E-state index in [9.17, 15) is 19.4 Å². The molecule has 1 saturated heterocycles. The molecule has 1 amide bonds. The van der Waals surface area contributed by atoms with Gasteiger partial charge in [-0.3, -0.25) is 4.79 Å². The third-order valence-corrected chi connectivity index (χ3v) is 2.79. The van der Waals surface area contributed by atoms with Gasteiger partial charge in [-0.2, -0.15) is 0 Å². The van der Waals surface area contributed by atoms with Crippen LogP contribution in [0.2, 0.25) is 0 Å². The Labute approximate surface area is 92.5 Å². The van der Waals surface area contributed by atoms with Gasteiger partial charge >= 0.3 is 0 Å². The average Bonchev–Trinajstić information content (AvgIpc) is 2.29. The summed E-state index contributed by atoms with van der Waals surface area (Å²) < 4.78 is 13.4. The molecule has 1 aliphatic heterocycles. The van der Waals surface area contributed by atoms with Crippen LogP contribution < -0.4 is 10.6 Å². The number of aliphatic hydroxyl groups is 3. The Morgan fingerprint density at radius 1 is 1.38 bits per heavy atom. The van der Waals surface area contributed by atoms with Crippen LogP contribution in [0.5, 0.6) is 0 Å². The molecule has 1 fully saturated rings. The topological polar surface area (TPSA) is 102 Å². The molecule has 1 rings (SSSR count). The van der Waals surface area contributed by atoms with Gasteiger partial charge in [0.15, 0.2) is 6.17 Å². The molecule has 7 heteroatoms. The Balaban J connectivity index is 2.67. The SMILES string of the molecule is CNC(=O)CC1NC(CO)C(O)C(F)C1O. The number of carbonyl (C=O) groups is 1. The highest BCUT2D eigenvalue weighted by Crippen LogP contribution is 2.20. The van der Waals surface area contributed by atoms with Gasteiger partial charge in [-0.15, -0.1) is 0 Å². The van der Waals surface area contributed by atoms with Crippen molar-refractivity contribution in [3.05, 3.63) is 0 Å². The molecule has 16 heavy (non-hydrogen) atoms. The Kier molecular flexibility index (Phi) is 4.60. The number of piperidine rings is 1. The fourth-order valence-corrected chi connectivity index (χ4v) is 1.76. The van der Waals surface area contributed by atoms with Gasteiger partial charge < -0.3 is 26.0 Å². The summed E-state index contributed by atoms with van der Waals surface area (Å²) in [6.45, 7) is -0.460. The maximum atomic E-state index is 13.4. The van der Waals surface area contributed by atoms with Crippen LogP contribution in [-0.2, 0) is 4.79 Å². The lowest BCUT2D eigenvalue weighted by Gasteiger charge is -2.39. The predicted molar refractivity (Wildman–Crippen MR) is 53.4 cm³/mol. The summed E-state index contributed by atoms with van der Waals surface area (Å²) in [5.74, 6) is -0.350. The van der Waals surface area contributed by atoms with Crippen molar-refractivity contribution in [2.75, 3.05) is 13.7 Å². The molecule has 0 bridgehead atoms. The summed E-state index contributed by atoms with van der Waals surface area (Å²) in [6, 6.07) is -1.68. The van der Waals surface area contributed by atoms with Crippen LogP contribution in [0.3, 0.4) is 0 Å². The largest absolute Gasteiger partial charge is 0.395 e. The van der Waals surface area contributed by atoms with E-state index in [1.54, 1.807) is 0 Å². The zero-order valence-corrected chi connectivity index (χ0v) is 8.93. The molecule has 0 aromatic heterocycles. The van der Waals surface area contributed by atoms with Crippen LogP contribution in [0, 0.1) is 0 Å². The number of carbonyl (C=O) groups excluding carboxylic acids is 1. The summed E-state index contributed by atoms with van der Waals surface area (Å²) in [4.78, 5) is 11.1. The van der Waals surface area contributed by atoms with Crippen molar-refractivity contribution in [3.63, 3.8) is 0 Å². The number of alkyl halides is 1. The van der Waals surface area contributed by atoms with Gasteiger partial charge in [0.25, 0.3) is 0 Å². The minimum absolute atomic E-state index is 0.110. The van der Waals surface area contributed by atoms with E-state index in [2.05, 4.69) is 10.6 Å². The third-order valence-electron chi connectivity index (χ3n) is 2.79. The molecule has 6 nitrogen and oxygen atoms in total. The van der Waals surface area contributed by atoms with Gasteiger partial charge in [-0.05, 0) is 0 Å². The normalized spacial score (nSPS) is 39.4. The maximum absolute atomic E-state index is 13.4. The van der Waals surface area contributed by atoms with Crippen LogP contribution in [0.25, 0.3) is 0 Å². The lowest BCUT2D eigenvalue weighted by molar-refractivity contribution is -0.125. The van der Waals surface area contributed by atoms with Gasteiger partial charge in [-0.1, -0.05) is 0 Å². The zero-order valence-electron chi connectivity index (χ0n) is 8.93. The first-order valence-electron chi connectivity index (χ1n) is 5.09. The van der Waals surface area contributed by atoms with E-state index in [0.717, 1.165) is 0 Å². The smallest absolute Gasteiger partial charge is 0.221 e. The number of aliphatic hydroxyl groups excluding tert-OH is 3. The van der Waals surface area contributed by atoms with Crippen molar-refractivity contribution >= 4 is 5.91 Å². The highest BCUT2D eigenvalue weighted by molar-refractivity contribution is 5.76. The quantitative estimate of drug-likeness (QED) is 0.373. The molecule has 0 spiro atoms. The van der Waals surface area contributed by atoms with E-state index in [4.69, 9.17) is 5.11 Å². The number of hydrogen-bond acceptors (Lipinski definition) is 5. The first-order chi connectivity index (χ1) is 7.51. The van der Waals surface area contributed by atoms with E-state index in [1.807, 2.05) is 0 Å². The number of amides is 1. The van der Waals surface area contributed by atoms with Crippen molar-refractivity contribution in [2.45, 2.75) is 36.9 Å². The van der Waals surface area contributed by atoms with E-state index in [1.165, 1.54) is 7.05 Å². The average molecular weight is 236 g/mol. The van der Waals surface area contributed by atoms with Crippen LogP contribution >= 0.6 is 0 Å². The summed E-state index contributed by atoms with van der Waals surface area (Å²) >= 11 is 0. The standard InChI is InChI=1S/C9H17FN2O4/c1-11-6(14)2-4-8(15)7(10)9(16)5(3-13)12-4/h4-5,7-9,12-13,15-16H,2-3H2,1H3,(H,11,14). The fourth-order valence-electron chi connectivity index (χ4n) is 1.76. The van der Waals surface area contributed by atoms with E-state index >= 15 is 0 Å². The van der Waals surface area contributed by atoms with Gasteiger partial charge in [-0.25, -0.2) is 4.39 Å². The van der Waals surface area contributed by atoms with Crippen molar-refractivity contribution in [2.24, 2.45) is 0 Å². The van der Waals surface area contributed by atoms with Crippen LogP contribution in [0.4, 0.5) is 4.39 Å². The second kappa shape index (κ2) is 5.53. The first-order valence-corrected chi connectivity index (χ1v) is 5.09. The summed E-state index contributed by atoms with van der Waals surface area (Å²) in [6.07, 6.45) is -4.91. The van der Waals surface area contributed by atoms with Gasteiger partial charge in [0.1, 0.15) is 12.2 Å². The second-order valence-corrected chi connectivity index (χ2v) is 3.87. The Morgan fingerprint density at radius 2 is 1.94 bits per heavy atom. The molecule has 0 saturated carbocycles. The second-order valence-electron chi connectivity index (χ2n) is 3.87. The molecule has 1 heterocycles. The molecular weight excluding hydrogens is 219 g/mol. The van der Waals surface area contributed by atoms with Crippen molar-refractivity contribution < 1.29 is 24.5 Å². The third kappa shape index (κ3) is 2.67. The van der Waals surface area contributed by atoms with Crippen LogP contribution in [-0.4, -0.2) is 65.3 Å². The lowest BCUT2D eigenvalue weighted by atomic mass is 9.90. The molecule has 0 aromatic carbocycles. The van der Waals surface area contributed by atoms with E-state index in [0.29, 0.717) is 0 Å². The van der Waals surface area contributed by atoms with E-state index < -0.39 is 37.1 Å². The van der Waals surface area contributed by atoms with Gasteiger partial charge in [0.2, 0.25) is 5.91 Å². The number of halogens is 1. The molecule has 0 radical (unpaired) electrons. The van der Waals surface area contributed by atoms with Crippen LogP contribution in [0.1, 0.15) is 6.42 Å². The summed E-state index contributed by atoms with van der Waals surface area (Å²) in [5.41, 5.74) is 0. The Hall–Kier alpha value is -0.760. The lowest BCUT2D eigenvalue weighted by Crippen LogP contribution is -2.65. The monoisotopic (exact) mass is 236 g/mol. The Morgan fingerprint density at radius 3 is 2.44 bits per heavy atom. The molecule has 0 aliphatic carbocycles. The summed E-state index contributed by atoms with van der Waals surface area (Å²) in [7, 11) is 1.43. The van der Waals surface area contributed by atoms with Crippen LogP contribution in [0.15, 0.2) is 0 Å². The first kappa shape index (κ1) is 13.3. The van der Waals surface area contributed by atoms with Crippen molar-refractivity contribution in [1.82, 2.24) is 10.6 Å². The van der Waals surface area contributed by atoms with Crippen molar-refractivity contribution in [3.8, 4) is 0 Å². The molecule has 5 unspecified atom stereocenters. The predicted octanol–water partition coefficient (Wildman–Crippen LogP) is -2.48. The zero-order chi connectivity index (χ0) is 12.3. The molecule has 1 aliphatic rings. The molecule has 94 valence electrons. The number of rotatable bonds is 3.